The summed E-state index contributed by atoms with van der Waals surface area (Å²) < 4.78 is 5.41. The van der Waals surface area contributed by atoms with Crippen molar-refractivity contribution in [3.05, 3.63) is 15.6 Å². The van der Waals surface area contributed by atoms with Crippen molar-refractivity contribution < 1.29 is 4.74 Å². The number of nitrogens with zero attached hydrogens (tertiary/aromatic N) is 1. The van der Waals surface area contributed by atoms with E-state index >= 15 is 0 Å². The van der Waals surface area contributed by atoms with Gasteiger partial charge in [-0.3, -0.25) is 0 Å². The van der Waals surface area contributed by atoms with Crippen molar-refractivity contribution in [2.24, 2.45) is 0 Å². The molecule has 17 heavy (non-hydrogen) atoms. The van der Waals surface area contributed by atoms with E-state index in [0.29, 0.717) is 18.2 Å². The van der Waals surface area contributed by atoms with E-state index in [0.717, 1.165) is 11.4 Å². The second-order valence-electron chi connectivity index (χ2n) is 4.94. The van der Waals surface area contributed by atoms with Crippen molar-refractivity contribution in [2.45, 2.75) is 58.2 Å². The molecule has 0 saturated heterocycles. The highest BCUT2D eigenvalue weighted by Crippen LogP contribution is 2.28. The van der Waals surface area contributed by atoms with Gasteiger partial charge in [-0.05, 0) is 40.0 Å². The van der Waals surface area contributed by atoms with Gasteiger partial charge in [0.15, 0.2) is 0 Å². The van der Waals surface area contributed by atoms with Crippen molar-refractivity contribution in [3.63, 3.8) is 0 Å². The number of hydrogen-bond donors (Lipinski definition) is 1. The molecule has 3 atom stereocenters. The van der Waals surface area contributed by atoms with Gasteiger partial charge in [0, 0.05) is 24.1 Å². The first kappa shape index (κ1) is 13.0. The van der Waals surface area contributed by atoms with Gasteiger partial charge in [-0.15, -0.1) is 11.3 Å². The lowest BCUT2D eigenvalue weighted by atomic mass is 10.2. The molecule has 1 heterocycles. The molecular formula is C13H22N2OS. The van der Waals surface area contributed by atoms with Crippen LogP contribution in [0.15, 0.2) is 0 Å². The first-order chi connectivity index (χ1) is 8.10. The van der Waals surface area contributed by atoms with E-state index in [-0.39, 0.29) is 0 Å². The van der Waals surface area contributed by atoms with Gasteiger partial charge in [0.2, 0.25) is 0 Å². The molecule has 0 bridgehead atoms. The molecule has 0 aliphatic heterocycles. The summed E-state index contributed by atoms with van der Waals surface area (Å²) >= 11 is 1.81. The summed E-state index contributed by atoms with van der Waals surface area (Å²) in [5, 5.41) is 4.86. The molecule has 1 aromatic rings. The van der Waals surface area contributed by atoms with Crippen molar-refractivity contribution in [1.29, 1.82) is 0 Å². The van der Waals surface area contributed by atoms with Crippen LogP contribution in [0.2, 0.25) is 0 Å². The highest BCUT2D eigenvalue weighted by molar-refractivity contribution is 7.11. The first-order valence-electron chi connectivity index (χ1n) is 6.33. The monoisotopic (exact) mass is 254 g/mol. The molecule has 1 saturated carbocycles. The van der Waals surface area contributed by atoms with Crippen LogP contribution in [0.4, 0.5) is 0 Å². The van der Waals surface area contributed by atoms with Crippen molar-refractivity contribution >= 4 is 11.3 Å². The van der Waals surface area contributed by atoms with Gasteiger partial charge < -0.3 is 10.1 Å². The van der Waals surface area contributed by atoms with E-state index in [1.54, 1.807) is 0 Å². The predicted octanol–water partition coefficient (Wildman–Crippen LogP) is 2.98. The second kappa shape index (κ2) is 5.46. The molecule has 3 nitrogen and oxygen atoms in total. The molecule has 0 spiro atoms. The minimum absolute atomic E-state index is 0.404. The van der Waals surface area contributed by atoms with E-state index < -0.39 is 0 Å². The van der Waals surface area contributed by atoms with Gasteiger partial charge in [0.25, 0.3) is 0 Å². The number of aryl methyl sites for hydroxylation is 2. The van der Waals surface area contributed by atoms with Gasteiger partial charge in [-0.2, -0.15) is 0 Å². The smallest absolute Gasteiger partial charge is 0.0900 e. The fourth-order valence-electron chi connectivity index (χ4n) is 2.68. The number of thiazole rings is 1. The van der Waals surface area contributed by atoms with Crippen LogP contribution in [0.3, 0.4) is 0 Å². The number of ether oxygens (including phenoxy) is 1. The molecule has 0 amide bonds. The third kappa shape index (κ3) is 3.06. The Hall–Kier alpha value is -0.450. The normalized spacial score (nSPS) is 26.4. The standard InChI is InChI=1S/C13H22N2OS/c1-8-13(17-10(3)14-8)9(2)15-11-5-6-12(7-11)16-4/h9,11-12,15H,5-7H2,1-4H3. The average molecular weight is 254 g/mol. The minimum Gasteiger partial charge on any atom is -0.381 e. The fourth-order valence-corrected chi connectivity index (χ4v) is 3.62. The average Bonchev–Trinajstić information content (AvgIpc) is 2.85. The molecular weight excluding hydrogens is 232 g/mol. The second-order valence-corrected chi connectivity index (χ2v) is 6.17. The Bertz CT molecular complexity index is 377. The number of nitrogens with one attached hydrogen (secondary N) is 1. The van der Waals surface area contributed by atoms with Gasteiger partial charge in [-0.1, -0.05) is 0 Å². The SMILES string of the molecule is COC1CCC(NC(C)c2sc(C)nc2C)C1. The Morgan fingerprint density at radius 1 is 1.41 bits per heavy atom. The van der Waals surface area contributed by atoms with Crippen LogP contribution in [0, 0.1) is 13.8 Å². The lowest BCUT2D eigenvalue weighted by molar-refractivity contribution is 0.106. The molecule has 1 N–H and O–H groups in total. The van der Waals surface area contributed by atoms with Crippen LogP contribution >= 0.6 is 11.3 Å². The van der Waals surface area contributed by atoms with E-state index in [1.165, 1.54) is 23.4 Å². The maximum absolute atomic E-state index is 5.41. The summed E-state index contributed by atoms with van der Waals surface area (Å²) in [6.07, 6.45) is 3.99. The zero-order chi connectivity index (χ0) is 12.4. The van der Waals surface area contributed by atoms with Crippen LogP contribution in [-0.2, 0) is 4.74 Å². The Morgan fingerprint density at radius 3 is 2.71 bits per heavy atom. The van der Waals surface area contributed by atoms with E-state index in [4.69, 9.17) is 4.74 Å². The van der Waals surface area contributed by atoms with Crippen LogP contribution in [0.25, 0.3) is 0 Å². The number of rotatable bonds is 4. The third-order valence-corrected chi connectivity index (χ3v) is 4.79. The lowest BCUT2D eigenvalue weighted by Gasteiger charge is -2.18. The van der Waals surface area contributed by atoms with E-state index in [2.05, 4.69) is 31.1 Å². The maximum atomic E-state index is 5.41. The lowest BCUT2D eigenvalue weighted by Crippen LogP contribution is -2.29. The Morgan fingerprint density at radius 2 is 2.18 bits per heavy atom. The predicted molar refractivity (Wildman–Crippen MR) is 71.6 cm³/mol. The topological polar surface area (TPSA) is 34.1 Å². The molecule has 1 aromatic heterocycles. The number of hydrogen-bond acceptors (Lipinski definition) is 4. The van der Waals surface area contributed by atoms with Crippen LogP contribution in [0.5, 0.6) is 0 Å². The van der Waals surface area contributed by atoms with Gasteiger partial charge >= 0.3 is 0 Å². The fraction of sp³-hybridized carbons (Fsp3) is 0.769. The number of methoxy groups -OCH3 is 1. The molecule has 1 aliphatic carbocycles. The van der Waals surface area contributed by atoms with Gasteiger partial charge in [0.05, 0.1) is 16.8 Å². The highest BCUT2D eigenvalue weighted by Gasteiger charge is 2.26. The minimum atomic E-state index is 0.404. The largest absolute Gasteiger partial charge is 0.381 e. The van der Waals surface area contributed by atoms with E-state index in [9.17, 15) is 0 Å². The third-order valence-electron chi connectivity index (χ3n) is 3.54. The molecule has 0 aromatic carbocycles. The Labute approximate surface area is 108 Å². The maximum Gasteiger partial charge on any atom is 0.0900 e. The van der Waals surface area contributed by atoms with Crippen LogP contribution in [-0.4, -0.2) is 24.2 Å². The van der Waals surface area contributed by atoms with Crippen molar-refractivity contribution in [3.8, 4) is 0 Å². The van der Waals surface area contributed by atoms with Crippen molar-refractivity contribution in [2.75, 3.05) is 7.11 Å². The van der Waals surface area contributed by atoms with Crippen molar-refractivity contribution in [1.82, 2.24) is 10.3 Å². The first-order valence-corrected chi connectivity index (χ1v) is 7.14. The van der Waals surface area contributed by atoms with Crippen LogP contribution < -0.4 is 5.32 Å². The summed E-state index contributed by atoms with van der Waals surface area (Å²) in [4.78, 5) is 5.87. The zero-order valence-electron chi connectivity index (χ0n) is 11.1. The Kier molecular flexibility index (Phi) is 4.17. The summed E-state index contributed by atoms with van der Waals surface area (Å²) in [6, 6.07) is 0.999. The van der Waals surface area contributed by atoms with E-state index in [1.807, 2.05) is 18.4 Å². The summed E-state index contributed by atoms with van der Waals surface area (Å²) in [7, 11) is 1.81. The zero-order valence-corrected chi connectivity index (χ0v) is 11.9. The molecule has 1 aliphatic rings. The molecule has 2 rings (SSSR count). The summed E-state index contributed by atoms with van der Waals surface area (Å²) in [5.41, 5.74) is 1.17. The van der Waals surface area contributed by atoms with Gasteiger partial charge in [-0.25, -0.2) is 4.98 Å². The molecule has 3 unspecified atom stereocenters. The quantitative estimate of drug-likeness (QED) is 0.897. The van der Waals surface area contributed by atoms with Crippen LogP contribution in [0.1, 0.15) is 47.8 Å². The molecule has 4 heteroatoms. The number of aromatic nitrogens is 1. The van der Waals surface area contributed by atoms with Gasteiger partial charge in [0.1, 0.15) is 0 Å². The Balaban J connectivity index is 1.93. The molecule has 1 fully saturated rings. The molecule has 0 radical (unpaired) electrons. The molecule has 96 valence electrons. The summed E-state index contributed by atoms with van der Waals surface area (Å²) in [5.74, 6) is 0. The highest BCUT2D eigenvalue weighted by atomic mass is 32.1. The summed E-state index contributed by atoms with van der Waals surface area (Å²) in [6.45, 7) is 6.41.